The molecule has 0 fully saturated rings. The maximum Gasteiger partial charge on any atom is 0.317 e. The third-order valence-corrected chi connectivity index (χ3v) is 5.78. The van der Waals surface area contributed by atoms with Crippen LogP contribution in [0.15, 0.2) is 35.9 Å². The summed E-state index contributed by atoms with van der Waals surface area (Å²) in [6, 6.07) is 8.04. The number of hydrogen-bond donors (Lipinski definition) is 3. The van der Waals surface area contributed by atoms with Crippen molar-refractivity contribution in [2.75, 3.05) is 6.54 Å². The molecule has 0 bridgehead atoms. The van der Waals surface area contributed by atoms with Gasteiger partial charge in [0.1, 0.15) is 5.41 Å². The summed E-state index contributed by atoms with van der Waals surface area (Å²) in [5.74, 6) is -0.466. The number of aromatic nitrogens is 1. The molecule has 0 spiro atoms. The van der Waals surface area contributed by atoms with E-state index >= 15 is 0 Å². The van der Waals surface area contributed by atoms with Crippen LogP contribution in [0.4, 0.5) is 0 Å². The van der Waals surface area contributed by atoms with Gasteiger partial charge >= 0.3 is 5.97 Å². The third-order valence-electron chi connectivity index (χ3n) is 5.78. The normalized spacial score (nSPS) is 29.5. The van der Waals surface area contributed by atoms with Crippen molar-refractivity contribution in [3.05, 3.63) is 47.2 Å². The lowest BCUT2D eigenvalue weighted by molar-refractivity contribution is -0.146. The molecule has 0 saturated heterocycles. The molecular weight excluding hydrogens is 300 g/mol. The van der Waals surface area contributed by atoms with E-state index in [9.17, 15) is 9.90 Å². The molecule has 0 radical (unpaired) electrons. The smallest absolute Gasteiger partial charge is 0.317 e. The molecular formula is C20H24N2O2. The number of H-pyrrole nitrogens is 1. The predicted octanol–water partition coefficient (Wildman–Crippen LogP) is 3.38. The van der Waals surface area contributed by atoms with Gasteiger partial charge in [-0.05, 0) is 43.4 Å². The summed E-state index contributed by atoms with van der Waals surface area (Å²) in [4.78, 5) is 16.1. The summed E-state index contributed by atoms with van der Waals surface area (Å²) in [5.41, 5.74) is 3.45. The van der Waals surface area contributed by atoms with E-state index in [0.29, 0.717) is 6.42 Å². The van der Waals surface area contributed by atoms with Crippen molar-refractivity contribution in [1.29, 1.82) is 0 Å². The summed E-state index contributed by atoms with van der Waals surface area (Å²) in [5, 5.41) is 15.1. The Hall–Kier alpha value is -2.07. The van der Waals surface area contributed by atoms with E-state index in [2.05, 4.69) is 36.3 Å². The second-order valence-corrected chi connectivity index (χ2v) is 7.21. The average Bonchev–Trinajstić information content (AvgIpc) is 2.86. The fraction of sp³-hybridized carbons (Fsp3) is 0.450. The molecule has 2 aliphatic rings. The van der Waals surface area contributed by atoms with E-state index < -0.39 is 11.4 Å². The second kappa shape index (κ2) is 5.49. The number of carboxylic acid groups (broad SMARTS) is 1. The summed E-state index contributed by atoms with van der Waals surface area (Å²) in [7, 11) is 0. The Bertz CT molecular complexity index is 835. The fourth-order valence-electron chi connectivity index (χ4n) is 4.84. The van der Waals surface area contributed by atoms with Crippen LogP contribution in [0.3, 0.4) is 0 Å². The van der Waals surface area contributed by atoms with E-state index in [-0.39, 0.29) is 12.0 Å². The van der Waals surface area contributed by atoms with Crippen LogP contribution in [0.2, 0.25) is 0 Å². The topological polar surface area (TPSA) is 65.1 Å². The van der Waals surface area contributed by atoms with Crippen LogP contribution >= 0.6 is 0 Å². The molecule has 4 heteroatoms. The van der Waals surface area contributed by atoms with Crippen LogP contribution in [-0.4, -0.2) is 28.6 Å². The minimum atomic E-state index is -0.912. The lowest BCUT2D eigenvalue weighted by Gasteiger charge is -2.42. The molecule has 0 amide bonds. The number of para-hydroxylation sites is 1. The zero-order valence-corrected chi connectivity index (χ0v) is 14.2. The number of aromatic amines is 1. The van der Waals surface area contributed by atoms with E-state index in [4.69, 9.17) is 0 Å². The number of hydrogen-bond acceptors (Lipinski definition) is 2. The van der Waals surface area contributed by atoms with Crippen molar-refractivity contribution in [3.63, 3.8) is 0 Å². The quantitative estimate of drug-likeness (QED) is 0.742. The molecule has 3 unspecified atom stereocenters. The molecule has 1 aromatic heterocycles. The van der Waals surface area contributed by atoms with Gasteiger partial charge < -0.3 is 15.4 Å². The summed E-state index contributed by atoms with van der Waals surface area (Å²) >= 11 is 0. The summed E-state index contributed by atoms with van der Waals surface area (Å²) in [6.45, 7) is 5.05. The molecule has 24 heavy (non-hydrogen) atoms. The maximum atomic E-state index is 12.6. The Kier molecular flexibility index (Phi) is 3.53. The van der Waals surface area contributed by atoms with Gasteiger partial charge in [0.2, 0.25) is 0 Å². The van der Waals surface area contributed by atoms with E-state index in [1.807, 2.05) is 18.2 Å². The molecule has 0 saturated carbocycles. The number of fused-ring (bicyclic) bond motifs is 5. The van der Waals surface area contributed by atoms with Gasteiger partial charge in [-0.15, -0.1) is 0 Å². The highest BCUT2D eigenvalue weighted by atomic mass is 16.4. The molecule has 126 valence electrons. The van der Waals surface area contributed by atoms with Crippen molar-refractivity contribution in [2.24, 2.45) is 5.92 Å². The Balaban J connectivity index is 2.03. The molecule has 2 aromatic rings. The number of nitrogens with one attached hydrogen (secondary N) is 2. The highest BCUT2D eigenvalue weighted by molar-refractivity contribution is 5.91. The summed E-state index contributed by atoms with van der Waals surface area (Å²) in [6.07, 6.45) is 4.64. The number of carboxylic acids is 1. The zero-order valence-electron chi connectivity index (χ0n) is 14.2. The molecule has 3 atom stereocenters. The Labute approximate surface area is 142 Å². The fourth-order valence-corrected chi connectivity index (χ4v) is 4.84. The molecule has 2 heterocycles. The van der Waals surface area contributed by atoms with Crippen LogP contribution in [0.1, 0.15) is 37.9 Å². The highest BCUT2D eigenvalue weighted by Gasteiger charge is 2.54. The van der Waals surface area contributed by atoms with Gasteiger partial charge in [-0.2, -0.15) is 0 Å². The number of carbonyl (C=O) groups is 1. The van der Waals surface area contributed by atoms with Crippen molar-refractivity contribution >= 4 is 16.9 Å². The number of allylic oxidation sites excluding steroid dienone is 1. The van der Waals surface area contributed by atoms with Crippen LogP contribution < -0.4 is 5.32 Å². The molecule has 1 aromatic carbocycles. The van der Waals surface area contributed by atoms with Gasteiger partial charge in [0.15, 0.2) is 0 Å². The van der Waals surface area contributed by atoms with Gasteiger partial charge in [0.25, 0.3) is 0 Å². The Morgan fingerprint density at radius 2 is 2.17 bits per heavy atom. The number of rotatable bonds is 2. The number of benzene rings is 1. The minimum Gasteiger partial charge on any atom is -0.480 e. The first-order valence-corrected chi connectivity index (χ1v) is 8.85. The molecule has 4 rings (SSSR count). The van der Waals surface area contributed by atoms with E-state index in [1.54, 1.807) is 0 Å². The third kappa shape index (κ3) is 1.99. The van der Waals surface area contributed by atoms with Crippen molar-refractivity contribution < 1.29 is 9.90 Å². The largest absolute Gasteiger partial charge is 0.480 e. The van der Waals surface area contributed by atoms with Crippen LogP contribution in [-0.2, 0) is 16.6 Å². The SMILES string of the molecule is CCC1=CC(C)CC2(C(=O)O)c3[nH]c4ccccc4c3CCNC12. The van der Waals surface area contributed by atoms with E-state index in [0.717, 1.165) is 36.0 Å². The maximum absolute atomic E-state index is 12.6. The van der Waals surface area contributed by atoms with Crippen LogP contribution in [0.5, 0.6) is 0 Å². The van der Waals surface area contributed by atoms with Crippen LogP contribution in [0, 0.1) is 5.92 Å². The van der Waals surface area contributed by atoms with Gasteiger partial charge in [-0.1, -0.05) is 43.7 Å². The first-order valence-electron chi connectivity index (χ1n) is 8.85. The van der Waals surface area contributed by atoms with Gasteiger partial charge in [0.05, 0.1) is 0 Å². The lowest BCUT2D eigenvalue weighted by Crippen LogP contribution is -2.56. The second-order valence-electron chi connectivity index (χ2n) is 7.21. The Morgan fingerprint density at radius 3 is 2.92 bits per heavy atom. The van der Waals surface area contributed by atoms with Crippen molar-refractivity contribution in [1.82, 2.24) is 10.3 Å². The molecule has 3 N–H and O–H groups in total. The zero-order chi connectivity index (χ0) is 16.9. The van der Waals surface area contributed by atoms with Gasteiger partial charge in [-0.25, -0.2) is 0 Å². The summed E-state index contributed by atoms with van der Waals surface area (Å²) < 4.78 is 0. The minimum absolute atomic E-state index is 0.134. The van der Waals surface area contributed by atoms with Gasteiger partial charge in [0, 0.05) is 22.6 Å². The molecule has 1 aliphatic carbocycles. The molecule has 4 nitrogen and oxygen atoms in total. The predicted molar refractivity (Wildman–Crippen MR) is 95.3 cm³/mol. The number of aliphatic carboxylic acids is 1. The van der Waals surface area contributed by atoms with E-state index in [1.165, 1.54) is 11.1 Å². The van der Waals surface area contributed by atoms with Crippen molar-refractivity contribution in [2.45, 2.75) is 44.6 Å². The first-order chi connectivity index (χ1) is 11.6. The molecule has 1 aliphatic heterocycles. The highest BCUT2D eigenvalue weighted by Crippen LogP contribution is 2.46. The van der Waals surface area contributed by atoms with Crippen LogP contribution in [0.25, 0.3) is 10.9 Å². The Morgan fingerprint density at radius 1 is 1.38 bits per heavy atom. The standard InChI is InChI=1S/C20H24N2O2/c1-3-13-10-12(2)11-20(19(23)24)17(13)21-9-8-15-14-6-4-5-7-16(14)22-18(15)20/h4-7,10,12,17,21-22H,3,8-9,11H2,1-2H3,(H,23,24). The monoisotopic (exact) mass is 324 g/mol. The van der Waals surface area contributed by atoms with Crippen molar-refractivity contribution in [3.8, 4) is 0 Å². The lowest BCUT2D eigenvalue weighted by atomic mass is 9.64. The average molecular weight is 324 g/mol. The first kappa shape index (κ1) is 15.5. The van der Waals surface area contributed by atoms with Gasteiger partial charge in [-0.3, -0.25) is 4.79 Å².